The smallest absolute Gasteiger partial charge is 0.00950 e. The highest BCUT2D eigenvalue weighted by molar-refractivity contribution is 4.76. The lowest BCUT2D eigenvalue weighted by Gasteiger charge is -2.32. The summed E-state index contributed by atoms with van der Waals surface area (Å²) in [6.45, 7) is 6.87. The fourth-order valence-electron chi connectivity index (χ4n) is 2.93. The first-order valence-corrected chi connectivity index (χ1v) is 7.68. The van der Waals surface area contributed by atoms with Gasteiger partial charge in [-0.15, -0.1) is 0 Å². The zero-order valence-corrected chi connectivity index (χ0v) is 12.2. The molecule has 1 fully saturated rings. The van der Waals surface area contributed by atoms with Crippen LogP contribution in [0.3, 0.4) is 0 Å². The van der Waals surface area contributed by atoms with Crippen molar-refractivity contribution >= 4 is 0 Å². The van der Waals surface area contributed by atoms with E-state index in [0.717, 1.165) is 18.6 Å². The van der Waals surface area contributed by atoms with Crippen LogP contribution in [0.15, 0.2) is 0 Å². The second-order valence-electron chi connectivity index (χ2n) is 5.66. The predicted octanol–water partition coefficient (Wildman–Crippen LogP) is 3.42. The van der Waals surface area contributed by atoms with Gasteiger partial charge in [0.2, 0.25) is 0 Å². The molecule has 1 N–H and O–H groups in total. The maximum Gasteiger partial charge on any atom is 0.00950 e. The molecule has 2 heteroatoms. The average molecular weight is 240 g/mol. The van der Waals surface area contributed by atoms with Gasteiger partial charge in [0.25, 0.3) is 0 Å². The molecule has 1 rings (SSSR count). The molecule has 1 aliphatic rings. The first-order valence-electron chi connectivity index (χ1n) is 7.68. The first kappa shape index (κ1) is 15.0. The second kappa shape index (κ2) is 8.93. The summed E-state index contributed by atoms with van der Waals surface area (Å²) < 4.78 is 0. The Morgan fingerprint density at radius 2 is 1.82 bits per heavy atom. The van der Waals surface area contributed by atoms with Crippen LogP contribution in [-0.4, -0.2) is 37.1 Å². The number of rotatable bonds is 7. The Kier molecular flexibility index (Phi) is 7.87. The molecule has 0 aromatic carbocycles. The molecule has 0 saturated heterocycles. The van der Waals surface area contributed by atoms with Crippen molar-refractivity contribution in [3.8, 4) is 0 Å². The number of hydrogen-bond acceptors (Lipinski definition) is 2. The molecule has 0 bridgehead atoms. The fourth-order valence-corrected chi connectivity index (χ4v) is 2.93. The van der Waals surface area contributed by atoms with E-state index in [1.54, 1.807) is 0 Å². The summed E-state index contributed by atoms with van der Waals surface area (Å²) in [7, 11) is 2.34. The lowest BCUT2D eigenvalue weighted by molar-refractivity contribution is 0.159. The topological polar surface area (TPSA) is 15.3 Å². The molecule has 2 nitrogen and oxygen atoms in total. The largest absolute Gasteiger partial charge is 0.317 e. The highest BCUT2D eigenvalue weighted by atomic mass is 15.2. The number of nitrogens with one attached hydrogen (secondary N) is 1. The molecule has 1 atom stereocenters. The van der Waals surface area contributed by atoms with Gasteiger partial charge in [0.15, 0.2) is 0 Å². The SMILES string of the molecule is CCNCCCC(C)N(C)C1CCCCCC1. The standard InChI is InChI=1S/C15H32N2/c1-4-16-13-9-10-14(2)17(3)15-11-7-5-6-8-12-15/h14-16H,4-13H2,1-3H3. The molecule has 0 aliphatic heterocycles. The lowest BCUT2D eigenvalue weighted by Crippen LogP contribution is -2.38. The van der Waals surface area contributed by atoms with Gasteiger partial charge in [-0.2, -0.15) is 0 Å². The first-order chi connectivity index (χ1) is 8.25. The summed E-state index contributed by atoms with van der Waals surface area (Å²) in [6.07, 6.45) is 11.3. The molecule has 17 heavy (non-hydrogen) atoms. The summed E-state index contributed by atoms with van der Waals surface area (Å²) in [6, 6.07) is 1.60. The molecule has 0 amide bonds. The minimum absolute atomic E-state index is 0.747. The normalized spacial score (nSPS) is 20.5. The highest BCUT2D eigenvalue weighted by Crippen LogP contribution is 2.23. The van der Waals surface area contributed by atoms with Crippen LogP contribution in [0.4, 0.5) is 0 Å². The van der Waals surface area contributed by atoms with Gasteiger partial charge < -0.3 is 10.2 Å². The third-order valence-electron chi connectivity index (χ3n) is 4.32. The van der Waals surface area contributed by atoms with Crippen LogP contribution in [0.1, 0.15) is 65.2 Å². The van der Waals surface area contributed by atoms with Gasteiger partial charge in [-0.05, 0) is 52.7 Å². The molecule has 0 heterocycles. The van der Waals surface area contributed by atoms with E-state index in [-0.39, 0.29) is 0 Å². The molecule has 1 unspecified atom stereocenters. The van der Waals surface area contributed by atoms with E-state index >= 15 is 0 Å². The molecule has 1 aliphatic carbocycles. The van der Waals surface area contributed by atoms with Crippen LogP contribution in [0.25, 0.3) is 0 Å². The average Bonchev–Trinajstić information content (AvgIpc) is 2.62. The van der Waals surface area contributed by atoms with Gasteiger partial charge in [-0.25, -0.2) is 0 Å². The van der Waals surface area contributed by atoms with Crippen LogP contribution in [-0.2, 0) is 0 Å². The third-order valence-corrected chi connectivity index (χ3v) is 4.32. The predicted molar refractivity (Wildman–Crippen MR) is 76.5 cm³/mol. The molecular weight excluding hydrogens is 208 g/mol. The fraction of sp³-hybridized carbons (Fsp3) is 1.00. The number of hydrogen-bond donors (Lipinski definition) is 1. The summed E-state index contributed by atoms with van der Waals surface area (Å²) in [5, 5.41) is 3.41. The molecule has 1 saturated carbocycles. The van der Waals surface area contributed by atoms with Crippen molar-refractivity contribution in [3.63, 3.8) is 0 Å². The highest BCUT2D eigenvalue weighted by Gasteiger charge is 2.20. The maximum atomic E-state index is 3.41. The van der Waals surface area contributed by atoms with Gasteiger partial charge in [-0.1, -0.05) is 32.6 Å². The van der Waals surface area contributed by atoms with Crippen molar-refractivity contribution < 1.29 is 0 Å². The van der Waals surface area contributed by atoms with Gasteiger partial charge in [-0.3, -0.25) is 0 Å². The number of nitrogens with zero attached hydrogens (tertiary/aromatic N) is 1. The van der Waals surface area contributed by atoms with Gasteiger partial charge in [0.1, 0.15) is 0 Å². The minimum Gasteiger partial charge on any atom is -0.317 e. The monoisotopic (exact) mass is 240 g/mol. The van der Waals surface area contributed by atoms with Crippen LogP contribution >= 0.6 is 0 Å². The molecular formula is C15H32N2. The van der Waals surface area contributed by atoms with Gasteiger partial charge in [0, 0.05) is 12.1 Å². The Morgan fingerprint density at radius 1 is 1.18 bits per heavy atom. The van der Waals surface area contributed by atoms with E-state index in [9.17, 15) is 0 Å². The van der Waals surface area contributed by atoms with Crippen molar-refractivity contribution in [2.75, 3.05) is 20.1 Å². The molecule has 102 valence electrons. The Morgan fingerprint density at radius 3 is 2.41 bits per heavy atom. The zero-order valence-electron chi connectivity index (χ0n) is 12.2. The Hall–Kier alpha value is -0.0800. The Bertz CT molecular complexity index is 174. The van der Waals surface area contributed by atoms with E-state index in [1.807, 2.05) is 0 Å². The van der Waals surface area contributed by atoms with Gasteiger partial charge in [0.05, 0.1) is 0 Å². The lowest BCUT2D eigenvalue weighted by atomic mass is 10.0. The maximum absolute atomic E-state index is 3.41. The van der Waals surface area contributed by atoms with Gasteiger partial charge >= 0.3 is 0 Å². The minimum atomic E-state index is 0.747. The molecule has 0 aromatic rings. The zero-order chi connectivity index (χ0) is 12.5. The van der Waals surface area contributed by atoms with Crippen LogP contribution in [0, 0.1) is 0 Å². The van der Waals surface area contributed by atoms with Crippen molar-refractivity contribution in [1.29, 1.82) is 0 Å². The van der Waals surface area contributed by atoms with Crippen molar-refractivity contribution in [3.05, 3.63) is 0 Å². The van der Waals surface area contributed by atoms with Crippen molar-refractivity contribution in [2.45, 2.75) is 77.3 Å². The van der Waals surface area contributed by atoms with Crippen LogP contribution in [0.5, 0.6) is 0 Å². The quantitative estimate of drug-likeness (QED) is 0.542. The van der Waals surface area contributed by atoms with E-state index in [0.29, 0.717) is 0 Å². The molecule has 0 spiro atoms. The van der Waals surface area contributed by atoms with E-state index < -0.39 is 0 Å². The molecule has 0 radical (unpaired) electrons. The van der Waals surface area contributed by atoms with Crippen molar-refractivity contribution in [2.24, 2.45) is 0 Å². The van der Waals surface area contributed by atoms with Crippen LogP contribution in [0.2, 0.25) is 0 Å². The van der Waals surface area contributed by atoms with Crippen LogP contribution < -0.4 is 5.32 Å². The molecule has 0 aromatic heterocycles. The third kappa shape index (κ3) is 5.87. The van der Waals surface area contributed by atoms with E-state index in [4.69, 9.17) is 0 Å². The second-order valence-corrected chi connectivity index (χ2v) is 5.66. The summed E-state index contributed by atoms with van der Waals surface area (Å²) in [5.41, 5.74) is 0. The Balaban J connectivity index is 2.21. The van der Waals surface area contributed by atoms with E-state index in [2.05, 4.69) is 31.1 Å². The van der Waals surface area contributed by atoms with E-state index in [1.165, 1.54) is 57.9 Å². The van der Waals surface area contributed by atoms with Crippen molar-refractivity contribution in [1.82, 2.24) is 10.2 Å². The summed E-state index contributed by atoms with van der Waals surface area (Å²) in [4.78, 5) is 2.65. The summed E-state index contributed by atoms with van der Waals surface area (Å²) >= 11 is 0. The summed E-state index contributed by atoms with van der Waals surface area (Å²) in [5.74, 6) is 0. The Labute approximate surface area is 108 Å².